The standard InChI is InChI=1S/C24H25FN2O3S2/c1-30-13-3-11-26(24(29)21-4-2-14-31-21)16-22(28)27-12-9-20-19(10-15-32-20)23(27)17-5-7-18(25)8-6-17/h2,4-8,10,14-15,23H,3,9,11-13,16H2,1H3. The lowest BCUT2D eigenvalue weighted by Gasteiger charge is -2.37. The fraction of sp³-hybridized carbons (Fsp3) is 0.333. The molecule has 1 aliphatic heterocycles. The van der Waals surface area contributed by atoms with Crippen molar-refractivity contribution in [2.45, 2.75) is 18.9 Å². The molecular weight excluding hydrogens is 447 g/mol. The number of carbonyl (C=O) groups is 2. The monoisotopic (exact) mass is 472 g/mol. The van der Waals surface area contributed by atoms with Crippen molar-refractivity contribution in [3.63, 3.8) is 0 Å². The van der Waals surface area contributed by atoms with Crippen LogP contribution in [0.2, 0.25) is 0 Å². The highest BCUT2D eigenvalue weighted by Crippen LogP contribution is 2.38. The number of fused-ring (bicyclic) bond motifs is 1. The summed E-state index contributed by atoms with van der Waals surface area (Å²) in [5.41, 5.74) is 1.95. The van der Waals surface area contributed by atoms with E-state index >= 15 is 0 Å². The number of rotatable bonds is 8. The van der Waals surface area contributed by atoms with Crippen LogP contribution < -0.4 is 0 Å². The van der Waals surface area contributed by atoms with E-state index in [1.54, 1.807) is 41.5 Å². The van der Waals surface area contributed by atoms with E-state index in [0.29, 0.717) is 31.0 Å². The van der Waals surface area contributed by atoms with Crippen molar-refractivity contribution in [1.29, 1.82) is 0 Å². The normalized spacial score (nSPS) is 15.4. The Morgan fingerprint density at radius 2 is 1.97 bits per heavy atom. The SMILES string of the molecule is COCCCN(CC(=O)N1CCc2sccc2C1c1ccc(F)cc1)C(=O)c1cccs1. The van der Waals surface area contributed by atoms with E-state index < -0.39 is 0 Å². The minimum Gasteiger partial charge on any atom is -0.385 e. The third kappa shape index (κ3) is 4.92. The number of halogens is 1. The predicted molar refractivity (Wildman–Crippen MR) is 125 cm³/mol. The molecule has 0 spiro atoms. The van der Waals surface area contributed by atoms with Gasteiger partial charge in [-0.05, 0) is 59.0 Å². The Labute approximate surface area is 195 Å². The van der Waals surface area contributed by atoms with Gasteiger partial charge < -0.3 is 14.5 Å². The van der Waals surface area contributed by atoms with Crippen LogP contribution in [0.5, 0.6) is 0 Å². The Morgan fingerprint density at radius 1 is 1.16 bits per heavy atom. The molecule has 3 heterocycles. The van der Waals surface area contributed by atoms with Crippen LogP contribution in [0, 0.1) is 5.82 Å². The smallest absolute Gasteiger partial charge is 0.264 e. The van der Waals surface area contributed by atoms with Gasteiger partial charge in [0, 0.05) is 31.7 Å². The summed E-state index contributed by atoms with van der Waals surface area (Å²) in [5.74, 6) is -0.562. The van der Waals surface area contributed by atoms with Gasteiger partial charge in [0.25, 0.3) is 5.91 Å². The Bertz CT molecular complexity index is 1050. The van der Waals surface area contributed by atoms with Crippen LogP contribution in [-0.4, -0.2) is 55.0 Å². The minimum atomic E-state index is -0.307. The molecule has 0 bridgehead atoms. The summed E-state index contributed by atoms with van der Waals surface area (Å²) in [5, 5.41) is 3.89. The molecule has 0 saturated heterocycles. The van der Waals surface area contributed by atoms with Gasteiger partial charge in [0.1, 0.15) is 12.4 Å². The van der Waals surface area contributed by atoms with Crippen LogP contribution in [0.1, 0.15) is 38.1 Å². The Kier molecular flexibility index (Phi) is 7.34. The summed E-state index contributed by atoms with van der Waals surface area (Å²) in [6.07, 6.45) is 1.43. The lowest BCUT2D eigenvalue weighted by atomic mass is 9.93. The Morgan fingerprint density at radius 3 is 2.69 bits per heavy atom. The summed E-state index contributed by atoms with van der Waals surface area (Å²) in [4.78, 5) is 31.9. The molecule has 0 aliphatic carbocycles. The van der Waals surface area contributed by atoms with Gasteiger partial charge in [-0.1, -0.05) is 18.2 Å². The van der Waals surface area contributed by atoms with Gasteiger partial charge in [-0.2, -0.15) is 0 Å². The molecule has 4 rings (SSSR count). The molecule has 1 aliphatic rings. The first-order chi connectivity index (χ1) is 15.6. The van der Waals surface area contributed by atoms with Gasteiger partial charge >= 0.3 is 0 Å². The predicted octanol–water partition coefficient (Wildman–Crippen LogP) is 4.60. The zero-order chi connectivity index (χ0) is 22.5. The molecule has 2 amide bonds. The van der Waals surface area contributed by atoms with Crippen LogP contribution in [0.15, 0.2) is 53.2 Å². The van der Waals surface area contributed by atoms with E-state index in [9.17, 15) is 14.0 Å². The van der Waals surface area contributed by atoms with Gasteiger partial charge in [0.2, 0.25) is 5.91 Å². The summed E-state index contributed by atoms with van der Waals surface area (Å²) in [6, 6.07) is 11.7. The van der Waals surface area contributed by atoms with Crippen LogP contribution in [0.25, 0.3) is 0 Å². The van der Waals surface area contributed by atoms with E-state index in [1.807, 2.05) is 27.8 Å². The van der Waals surface area contributed by atoms with E-state index in [2.05, 4.69) is 0 Å². The van der Waals surface area contributed by atoms with Crippen LogP contribution in [0.4, 0.5) is 4.39 Å². The zero-order valence-electron chi connectivity index (χ0n) is 17.8. The molecule has 1 atom stereocenters. The highest BCUT2D eigenvalue weighted by molar-refractivity contribution is 7.12. The first kappa shape index (κ1) is 22.6. The lowest BCUT2D eigenvalue weighted by molar-refractivity contribution is -0.134. The van der Waals surface area contributed by atoms with Crippen molar-refractivity contribution in [2.24, 2.45) is 0 Å². The number of methoxy groups -OCH3 is 1. The topological polar surface area (TPSA) is 49.9 Å². The summed E-state index contributed by atoms with van der Waals surface area (Å²) in [7, 11) is 1.62. The van der Waals surface area contributed by atoms with Crippen molar-refractivity contribution in [3.05, 3.63) is 79.9 Å². The van der Waals surface area contributed by atoms with Gasteiger partial charge in [0.05, 0.1) is 10.9 Å². The van der Waals surface area contributed by atoms with E-state index in [4.69, 9.17) is 4.74 Å². The van der Waals surface area contributed by atoms with Crippen molar-refractivity contribution >= 4 is 34.5 Å². The van der Waals surface area contributed by atoms with Crippen LogP contribution in [0.3, 0.4) is 0 Å². The van der Waals surface area contributed by atoms with Crippen LogP contribution in [-0.2, 0) is 16.0 Å². The van der Waals surface area contributed by atoms with Crippen molar-refractivity contribution in [3.8, 4) is 0 Å². The lowest BCUT2D eigenvalue weighted by Crippen LogP contribution is -2.47. The van der Waals surface area contributed by atoms with E-state index in [0.717, 1.165) is 17.5 Å². The molecule has 0 N–H and O–H groups in total. The molecule has 3 aromatic rings. The first-order valence-electron chi connectivity index (χ1n) is 10.5. The van der Waals surface area contributed by atoms with Gasteiger partial charge in [-0.25, -0.2) is 4.39 Å². The first-order valence-corrected chi connectivity index (χ1v) is 12.3. The molecule has 8 heteroatoms. The van der Waals surface area contributed by atoms with Crippen molar-refractivity contribution in [1.82, 2.24) is 9.80 Å². The maximum absolute atomic E-state index is 13.6. The Hall–Kier alpha value is -2.55. The molecule has 1 unspecified atom stereocenters. The number of ether oxygens (including phenoxy) is 1. The molecule has 32 heavy (non-hydrogen) atoms. The molecular formula is C24H25FN2O3S2. The summed E-state index contributed by atoms with van der Waals surface area (Å²) in [6.45, 7) is 1.52. The second-order valence-electron chi connectivity index (χ2n) is 7.64. The van der Waals surface area contributed by atoms with E-state index in [-0.39, 0.29) is 30.2 Å². The number of thiophene rings is 2. The van der Waals surface area contributed by atoms with Gasteiger partial charge in [0.15, 0.2) is 0 Å². The van der Waals surface area contributed by atoms with Gasteiger partial charge in [-0.15, -0.1) is 22.7 Å². The number of amides is 2. The maximum Gasteiger partial charge on any atom is 0.264 e. The largest absolute Gasteiger partial charge is 0.385 e. The molecule has 0 radical (unpaired) electrons. The molecule has 168 valence electrons. The number of hydrogen-bond donors (Lipinski definition) is 0. The van der Waals surface area contributed by atoms with Gasteiger partial charge in [-0.3, -0.25) is 9.59 Å². The zero-order valence-corrected chi connectivity index (χ0v) is 19.5. The second kappa shape index (κ2) is 10.4. The van der Waals surface area contributed by atoms with Crippen molar-refractivity contribution < 1.29 is 18.7 Å². The molecule has 1 aromatic carbocycles. The molecule has 0 fully saturated rings. The fourth-order valence-corrected chi connectivity index (χ4v) is 5.65. The minimum absolute atomic E-state index is 0.00237. The third-order valence-electron chi connectivity index (χ3n) is 5.59. The second-order valence-corrected chi connectivity index (χ2v) is 9.59. The molecule has 0 saturated carbocycles. The average molecular weight is 473 g/mol. The maximum atomic E-state index is 13.6. The quantitative estimate of drug-likeness (QED) is 0.450. The third-order valence-corrected chi connectivity index (χ3v) is 7.45. The molecule has 2 aromatic heterocycles. The highest BCUT2D eigenvalue weighted by atomic mass is 32.1. The Balaban J connectivity index is 1.58. The fourth-order valence-electron chi connectivity index (χ4n) is 4.05. The number of benzene rings is 1. The highest BCUT2D eigenvalue weighted by Gasteiger charge is 2.34. The van der Waals surface area contributed by atoms with E-state index in [1.165, 1.54) is 28.3 Å². The number of hydrogen-bond acceptors (Lipinski definition) is 5. The van der Waals surface area contributed by atoms with Crippen LogP contribution >= 0.6 is 22.7 Å². The van der Waals surface area contributed by atoms with Crippen molar-refractivity contribution in [2.75, 3.05) is 33.4 Å². The summed E-state index contributed by atoms with van der Waals surface area (Å²) >= 11 is 3.05. The number of nitrogens with zero attached hydrogens (tertiary/aromatic N) is 2. The molecule has 5 nitrogen and oxygen atoms in total. The number of carbonyl (C=O) groups excluding carboxylic acids is 2. The average Bonchev–Trinajstić information content (AvgIpc) is 3.50. The summed E-state index contributed by atoms with van der Waals surface area (Å²) < 4.78 is 18.7.